The average Bonchev–Trinajstić information content (AvgIpc) is 2.48. The van der Waals surface area contributed by atoms with Crippen LogP contribution in [0.1, 0.15) is 5.56 Å². The lowest BCUT2D eigenvalue weighted by molar-refractivity contribution is -0.138. The Bertz CT molecular complexity index is 596. The van der Waals surface area contributed by atoms with Gasteiger partial charge in [0.15, 0.2) is 0 Å². The molecule has 1 heterocycles. The smallest absolute Gasteiger partial charge is 0.320 e. The van der Waals surface area contributed by atoms with Crippen molar-refractivity contribution >= 4 is 5.97 Å². The standard InChI is InChI=1S/C15H16N2O3/c1-20-14-12(3-2-8-17-14)11-6-4-10(5-7-11)9-13(16)15(18)19/h2-8,13H,9,16H2,1H3,(H,18,19)/t13-/m0/s1. The predicted octanol–water partition coefficient (Wildman–Crippen LogP) is 1.71. The highest BCUT2D eigenvalue weighted by Crippen LogP contribution is 2.27. The van der Waals surface area contributed by atoms with E-state index >= 15 is 0 Å². The molecule has 2 rings (SSSR count). The predicted molar refractivity (Wildman–Crippen MR) is 75.5 cm³/mol. The van der Waals surface area contributed by atoms with Crippen LogP contribution in [-0.4, -0.2) is 29.2 Å². The quantitative estimate of drug-likeness (QED) is 0.865. The topological polar surface area (TPSA) is 85.4 Å². The number of methoxy groups -OCH3 is 1. The molecule has 1 aromatic heterocycles. The normalized spacial score (nSPS) is 11.9. The van der Waals surface area contributed by atoms with Crippen LogP contribution in [0.4, 0.5) is 0 Å². The molecule has 0 spiro atoms. The Labute approximate surface area is 117 Å². The van der Waals surface area contributed by atoms with Gasteiger partial charge in [-0.1, -0.05) is 24.3 Å². The Kier molecular flexibility index (Phi) is 4.32. The first-order chi connectivity index (χ1) is 9.61. The Balaban J connectivity index is 2.22. The van der Waals surface area contributed by atoms with Crippen LogP contribution in [0.3, 0.4) is 0 Å². The van der Waals surface area contributed by atoms with Gasteiger partial charge >= 0.3 is 5.97 Å². The molecule has 104 valence electrons. The number of ether oxygens (including phenoxy) is 1. The summed E-state index contributed by atoms with van der Waals surface area (Å²) in [6.07, 6.45) is 1.97. The van der Waals surface area contributed by atoms with Crippen molar-refractivity contribution in [3.05, 3.63) is 48.2 Å². The zero-order chi connectivity index (χ0) is 14.5. The summed E-state index contributed by atoms with van der Waals surface area (Å²) in [6.45, 7) is 0. The minimum Gasteiger partial charge on any atom is -0.481 e. The SMILES string of the molecule is COc1ncccc1-c1ccc(C[C@H](N)C(=O)O)cc1. The van der Waals surface area contributed by atoms with Crippen LogP contribution in [0.15, 0.2) is 42.6 Å². The molecular formula is C15H16N2O3. The molecule has 3 N–H and O–H groups in total. The third-order valence-electron chi connectivity index (χ3n) is 3.00. The van der Waals surface area contributed by atoms with Crippen molar-refractivity contribution in [2.24, 2.45) is 5.73 Å². The molecule has 0 bridgehead atoms. The largest absolute Gasteiger partial charge is 0.481 e. The molecule has 2 aromatic rings. The number of carbonyl (C=O) groups is 1. The van der Waals surface area contributed by atoms with E-state index in [1.807, 2.05) is 36.4 Å². The van der Waals surface area contributed by atoms with Gasteiger partial charge in [-0.3, -0.25) is 4.79 Å². The summed E-state index contributed by atoms with van der Waals surface area (Å²) in [6, 6.07) is 10.4. The van der Waals surface area contributed by atoms with Crippen LogP contribution in [0, 0.1) is 0 Å². The van der Waals surface area contributed by atoms with Crippen molar-refractivity contribution in [1.29, 1.82) is 0 Å². The minimum atomic E-state index is -0.997. The third kappa shape index (κ3) is 3.13. The number of pyridine rings is 1. The number of carboxylic acid groups (broad SMARTS) is 1. The number of aliphatic carboxylic acids is 1. The highest BCUT2D eigenvalue weighted by Gasteiger charge is 2.12. The Hall–Kier alpha value is -2.40. The van der Waals surface area contributed by atoms with Crippen molar-refractivity contribution in [2.75, 3.05) is 7.11 Å². The Morgan fingerprint density at radius 2 is 2.05 bits per heavy atom. The van der Waals surface area contributed by atoms with E-state index in [1.165, 1.54) is 0 Å². The van der Waals surface area contributed by atoms with Crippen molar-refractivity contribution in [1.82, 2.24) is 4.98 Å². The van der Waals surface area contributed by atoms with Crippen molar-refractivity contribution in [3.8, 4) is 17.0 Å². The third-order valence-corrected chi connectivity index (χ3v) is 3.00. The van der Waals surface area contributed by atoms with Crippen LogP contribution in [-0.2, 0) is 11.2 Å². The van der Waals surface area contributed by atoms with Crippen molar-refractivity contribution < 1.29 is 14.6 Å². The van der Waals surface area contributed by atoms with Gasteiger partial charge in [0, 0.05) is 11.8 Å². The summed E-state index contributed by atoms with van der Waals surface area (Å²) in [4.78, 5) is 14.9. The van der Waals surface area contributed by atoms with Gasteiger partial charge in [-0.2, -0.15) is 0 Å². The summed E-state index contributed by atoms with van der Waals surface area (Å²) in [5, 5.41) is 8.79. The van der Waals surface area contributed by atoms with E-state index in [2.05, 4.69) is 4.98 Å². The van der Waals surface area contributed by atoms with E-state index in [0.717, 1.165) is 16.7 Å². The number of nitrogens with two attached hydrogens (primary N) is 1. The molecule has 0 fully saturated rings. The maximum Gasteiger partial charge on any atom is 0.320 e. The molecule has 0 aliphatic rings. The maximum atomic E-state index is 10.7. The van der Waals surface area contributed by atoms with Gasteiger partial charge in [-0.25, -0.2) is 4.98 Å². The lowest BCUT2D eigenvalue weighted by Crippen LogP contribution is -2.32. The van der Waals surface area contributed by atoms with Crippen LogP contribution < -0.4 is 10.5 Å². The molecule has 0 aliphatic carbocycles. The van der Waals surface area contributed by atoms with E-state index in [-0.39, 0.29) is 0 Å². The molecule has 5 nitrogen and oxygen atoms in total. The van der Waals surface area contributed by atoms with Gasteiger partial charge in [-0.15, -0.1) is 0 Å². The second-order valence-electron chi connectivity index (χ2n) is 4.41. The maximum absolute atomic E-state index is 10.7. The molecule has 0 amide bonds. The number of hydrogen-bond donors (Lipinski definition) is 2. The zero-order valence-corrected chi connectivity index (χ0v) is 11.1. The Morgan fingerprint density at radius 1 is 1.35 bits per heavy atom. The first-order valence-corrected chi connectivity index (χ1v) is 6.18. The van der Waals surface area contributed by atoms with Crippen LogP contribution >= 0.6 is 0 Å². The molecule has 0 saturated heterocycles. The van der Waals surface area contributed by atoms with E-state index in [4.69, 9.17) is 15.6 Å². The monoisotopic (exact) mass is 272 g/mol. The highest BCUT2D eigenvalue weighted by atomic mass is 16.5. The second kappa shape index (κ2) is 6.16. The first-order valence-electron chi connectivity index (χ1n) is 6.18. The van der Waals surface area contributed by atoms with E-state index < -0.39 is 12.0 Å². The van der Waals surface area contributed by atoms with Gasteiger partial charge in [0.05, 0.1) is 7.11 Å². The van der Waals surface area contributed by atoms with Gasteiger partial charge in [-0.05, 0) is 29.7 Å². The van der Waals surface area contributed by atoms with Crippen molar-refractivity contribution in [2.45, 2.75) is 12.5 Å². The molecule has 0 radical (unpaired) electrons. The summed E-state index contributed by atoms with van der Waals surface area (Å²) >= 11 is 0. The van der Waals surface area contributed by atoms with Crippen LogP contribution in [0.5, 0.6) is 5.88 Å². The summed E-state index contributed by atoms with van der Waals surface area (Å²) in [5.74, 6) is -0.439. The fraction of sp³-hybridized carbons (Fsp3) is 0.200. The zero-order valence-electron chi connectivity index (χ0n) is 11.1. The number of rotatable bonds is 5. The minimum absolute atomic E-state index is 0.305. The van der Waals surface area contributed by atoms with Gasteiger partial charge in [0.1, 0.15) is 6.04 Å². The number of hydrogen-bond acceptors (Lipinski definition) is 4. The lowest BCUT2D eigenvalue weighted by Gasteiger charge is -2.09. The molecule has 0 saturated carbocycles. The van der Waals surface area contributed by atoms with Crippen LogP contribution in [0.2, 0.25) is 0 Å². The number of nitrogens with zero attached hydrogens (tertiary/aromatic N) is 1. The summed E-state index contributed by atoms with van der Waals surface area (Å²) in [5.41, 5.74) is 8.25. The van der Waals surface area contributed by atoms with E-state index in [9.17, 15) is 4.79 Å². The number of benzene rings is 1. The molecule has 20 heavy (non-hydrogen) atoms. The van der Waals surface area contributed by atoms with E-state index in [1.54, 1.807) is 13.3 Å². The number of carboxylic acids is 1. The lowest BCUT2D eigenvalue weighted by atomic mass is 10.0. The van der Waals surface area contributed by atoms with Gasteiger partial charge in [0.2, 0.25) is 5.88 Å². The van der Waals surface area contributed by atoms with Gasteiger partial charge < -0.3 is 15.6 Å². The molecule has 0 unspecified atom stereocenters. The van der Waals surface area contributed by atoms with Crippen molar-refractivity contribution in [3.63, 3.8) is 0 Å². The average molecular weight is 272 g/mol. The first kappa shape index (κ1) is 14.0. The molecular weight excluding hydrogens is 256 g/mol. The van der Waals surface area contributed by atoms with E-state index in [0.29, 0.717) is 12.3 Å². The summed E-state index contributed by atoms with van der Waals surface area (Å²) in [7, 11) is 1.58. The van der Waals surface area contributed by atoms with Gasteiger partial charge in [0.25, 0.3) is 0 Å². The second-order valence-corrected chi connectivity index (χ2v) is 4.41. The molecule has 0 aliphatic heterocycles. The fourth-order valence-corrected chi connectivity index (χ4v) is 1.93. The molecule has 1 aromatic carbocycles. The molecule has 5 heteroatoms. The number of aromatic nitrogens is 1. The fourth-order valence-electron chi connectivity index (χ4n) is 1.93. The van der Waals surface area contributed by atoms with Crippen LogP contribution in [0.25, 0.3) is 11.1 Å². The highest BCUT2D eigenvalue weighted by molar-refractivity contribution is 5.73. The molecule has 1 atom stereocenters. The Morgan fingerprint density at radius 3 is 2.65 bits per heavy atom. The summed E-state index contributed by atoms with van der Waals surface area (Å²) < 4.78 is 5.22.